The van der Waals surface area contributed by atoms with E-state index in [2.05, 4.69) is 9.88 Å². The fourth-order valence-electron chi connectivity index (χ4n) is 2.33. The molecule has 1 aliphatic heterocycles. The summed E-state index contributed by atoms with van der Waals surface area (Å²) in [7, 11) is 1.44. The number of nitrogens with zero attached hydrogens (tertiary/aromatic N) is 2. The van der Waals surface area contributed by atoms with Gasteiger partial charge in [0.15, 0.2) is 0 Å². The molecule has 1 fully saturated rings. The molecule has 0 saturated carbocycles. The minimum absolute atomic E-state index is 0.145. The molecule has 1 aliphatic rings. The maximum atomic E-state index is 11.7. The molecule has 18 heavy (non-hydrogen) atoms. The number of pyridine rings is 1. The van der Waals surface area contributed by atoms with E-state index in [1.54, 1.807) is 12.4 Å². The van der Waals surface area contributed by atoms with Crippen molar-refractivity contribution in [3.63, 3.8) is 0 Å². The monoisotopic (exact) mass is 268 g/mol. The number of likely N-dealkylation sites (tertiary alicyclic amines) is 1. The summed E-state index contributed by atoms with van der Waals surface area (Å²) in [5, 5.41) is 0.645. The van der Waals surface area contributed by atoms with Gasteiger partial charge in [-0.05, 0) is 31.0 Å². The molecule has 2 heterocycles. The zero-order valence-electron chi connectivity index (χ0n) is 10.4. The van der Waals surface area contributed by atoms with Gasteiger partial charge >= 0.3 is 5.97 Å². The van der Waals surface area contributed by atoms with E-state index in [1.807, 2.05) is 6.07 Å². The van der Waals surface area contributed by atoms with Gasteiger partial charge in [0.25, 0.3) is 0 Å². The second-order valence-corrected chi connectivity index (χ2v) is 4.88. The van der Waals surface area contributed by atoms with Crippen molar-refractivity contribution in [2.75, 3.05) is 13.7 Å². The molecule has 5 heteroatoms. The van der Waals surface area contributed by atoms with Gasteiger partial charge in [0.2, 0.25) is 0 Å². The minimum Gasteiger partial charge on any atom is -0.468 e. The standard InChI is InChI=1S/C13H17ClN2O2/c1-18-13(17)12-4-2-3-7-16(12)9-10-5-6-15-8-11(10)14/h5-6,8,12H,2-4,7,9H2,1H3/t12-/m1/s1. The average molecular weight is 269 g/mol. The molecule has 0 aromatic carbocycles. The summed E-state index contributed by atoms with van der Waals surface area (Å²) in [6.45, 7) is 1.57. The molecule has 2 rings (SSSR count). The second-order valence-electron chi connectivity index (χ2n) is 4.47. The molecule has 4 nitrogen and oxygen atoms in total. The van der Waals surface area contributed by atoms with Gasteiger partial charge in [0.1, 0.15) is 6.04 Å². The number of ether oxygens (including phenoxy) is 1. The molecule has 0 radical (unpaired) electrons. The van der Waals surface area contributed by atoms with E-state index in [-0.39, 0.29) is 12.0 Å². The van der Waals surface area contributed by atoms with Crippen LogP contribution in [0.3, 0.4) is 0 Å². The SMILES string of the molecule is COC(=O)[C@H]1CCCCN1Cc1ccncc1Cl. The van der Waals surface area contributed by atoms with Gasteiger partial charge in [-0.3, -0.25) is 14.7 Å². The molecule has 1 aromatic heterocycles. The van der Waals surface area contributed by atoms with Crippen LogP contribution in [0, 0.1) is 0 Å². The number of hydrogen-bond donors (Lipinski definition) is 0. The number of halogens is 1. The lowest BCUT2D eigenvalue weighted by atomic mass is 10.0. The Morgan fingerprint density at radius 1 is 1.61 bits per heavy atom. The van der Waals surface area contributed by atoms with Crippen LogP contribution in [0.15, 0.2) is 18.5 Å². The number of methoxy groups -OCH3 is 1. The Bertz CT molecular complexity index is 425. The van der Waals surface area contributed by atoms with E-state index >= 15 is 0 Å². The second kappa shape index (κ2) is 6.16. The fraction of sp³-hybridized carbons (Fsp3) is 0.538. The Kier molecular flexibility index (Phi) is 4.55. The maximum absolute atomic E-state index is 11.7. The zero-order chi connectivity index (χ0) is 13.0. The maximum Gasteiger partial charge on any atom is 0.323 e. The topological polar surface area (TPSA) is 42.4 Å². The predicted octanol–water partition coefficient (Wildman–Crippen LogP) is 2.26. The van der Waals surface area contributed by atoms with E-state index < -0.39 is 0 Å². The molecule has 0 unspecified atom stereocenters. The average Bonchev–Trinajstić information content (AvgIpc) is 2.41. The van der Waals surface area contributed by atoms with E-state index in [0.29, 0.717) is 11.6 Å². The lowest BCUT2D eigenvalue weighted by Crippen LogP contribution is -2.44. The van der Waals surface area contributed by atoms with Gasteiger partial charge in [0.05, 0.1) is 12.1 Å². The molecular formula is C13H17ClN2O2. The summed E-state index contributed by atoms with van der Waals surface area (Å²) < 4.78 is 4.86. The van der Waals surface area contributed by atoms with Gasteiger partial charge in [-0.2, -0.15) is 0 Å². The molecule has 1 aromatic rings. The number of carbonyl (C=O) groups excluding carboxylic acids is 1. The Balaban J connectivity index is 2.10. The van der Waals surface area contributed by atoms with Crippen LogP contribution in [0.25, 0.3) is 0 Å². The van der Waals surface area contributed by atoms with Crippen molar-refractivity contribution in [1.82, 2.24) is 9.88 Å². The molecular weight excluding hydrogens is 252 g/mol. The first kappa shape index (κ1) is 13.3. The summed E-state index contributed by atoms with van der Waals surface area (Å²) in [6.07, 6.45) is 6.39. The fourth-order valence-corrected chi connectivity index (χ4v) is 2.51. The quantitative estimate of drug-likeness (QED) is 0.789. The Labute approximate surface area is 112 Å². The summed E-state index contributed by atoms with van der Waals surface area (Å²) in [5.41, 5.74) is 1.00. The Morgan fingerprint density at radius 3 is 3.17 bits per heavy atom. The highest BCUT2D eigenvalue weighted by molar-refractivity contribution is 6.31. The highest BCUT2D eigenvalue weighted by Gasteiger charge is 2.29. The molecule has 0 spiro atoms. The number of aromatic nitrogens is 1. The van der Waals surface area contributed by atoms with Crippen molar-refractivity contribution in [2.24, 2.45) is 0 Å². The van der Waals surface area contributed by atoms with Crippen LogP contribution < -0.4 is 0 Å². The van der Waals surface area contributed by atoms with E-state index in [0.717, 1.165) is 31.4 Å². The summed E-state index contributed by atoms with van der Waals surface area (Å²) in [5.74, 6) is -0.153. The Hall–Kier alpha value is -1.13. The first-order valence-corrected chi connectivity index (χ1v) is 6.50. The van der Waals surface area contributed by atoms with Crippen LogP contribution in [0.5, 0.6) is 0 Å². The highest BCUT2D eigenvalue weighted by atomic mass is 35.5. The third-order valence-electron chi connectivity index (χ3n) is 3.32. The number of carbonyl (C=O) groups is 1. The summed E-state index contributed by atoms with van der Waals surface area (Å²) in [6, 6.07) is 1.75. The van der Waals surface area contributed by atoms with Crippen molar-refractivity contribution in [2.45, 2.75) is 31.8 Å². The highest BCUT2D eigenvalue weighted by Crippen LogP contribution is 2.23. The number of rotatable bonds is 3. The van der Waals surface area contributed by atoms with Crippen molar-refractivity contribution < 1.29 is 9.53 Å². The third kappa shape index (κ3) is 3.00. The number of piperidine rings is 1. The number of esters is 1. The van der Waals surface area contributed by atoms with Gasteiger partial charge in [-0.1, -0.05) is 18.0 Å². The van der Waals surface area contributed by atoms with Crippen molar-refractivity contribution in [3.05, 3.63) is 29.0 Å². The van der Waals surface area contributed by atoms with Crippen molar-refractivity contribution >= 4 is 17.6 Å². The van der Waals surface area contributed by atoms with Gasteiger partial charge in [0, 0.05) is 18.9 Å². The number of hydrogen-bond acceptors (Lipinski definition) is 4. The first-order valence-electron chi connectivity index (χ1n) is 6.12. The van der Waals surface area contributed by atoms with Crippen LogP contribution in [-0.4, -0.2) is 35.5 Å². The van der Waals surface area contributed by atoms with Crippen molar-refractivity contribution in [3.8, 4) is 0 Å². The molecule has 0 N–H and O–H groups in total. The molecule has 1 atom stereocenters. The normalized spacial score (nSPS) is 20.7. The lowest BCUT2D eigenvalue weighted by Gasteiger charge is -2.33. The van der Waals surface area contributed by atoms with Crippen LogP contribution in [-0.2, 0) is 16.1 Å². The zero-order valence-corrected chi connectivity index (χ0v) is 11.2. The van der Waals surface area contributed by atoms with E-state index in [9.17, 15) is 4.79 Å². The molecule has 0 aliphatic carbocycles. The molecule has 98 valence electrons. The molecule has 1 saturated heterocycles. The van der Waals surface area contributed by atoms with E-state index in [1.165, 1.54) is 7.11 Å². The largest absolute Gasteiger partial charge is 0.468 e. The minimum atomic E-state index is -0.153. The Morgan fingerprint density at radius 2 is 2.44 bits per heavy atom. The van der Waals surface area contributed by atoms with Crippen LogP contribution in [0.2, 0.25) is 5.02 Å². The summed E-state index contributed by atoms with van der Waals surface area (Å²) >= 11 is 6.10. The van der Waals surface area contributed by atoms with Crippen molar-refractivity contribution in [1.29, 1.82) is 0 Å². The first-order chi connectivity index (χ1) is 8.72. The van der Waals surface area contributed by atoms with E-state index in [4.69, 9.17) is 16.3 Å². The van der Waals surface area contributed by atoms with Crippen LogP contribution >= 0.6 is 11.6 Å². The third-order valence-corrected chi connectivity index (χ3v) is 3.66. The summed E-state index contributed by atoms with van der Waals surface area (Å²) in [4.78, 5) is 17.8. The van der Waals surface area contributed by atoms with Crippen LogP contribution in [0.4, 0.5) is 0 Å². The predicted molar refractivity (Wildman–Crippen MR) is 69.3 cm³/mol. The van der Waals surface area contributed by atoms with Gasteiger partial charge in [-0.15, -0.1) is 0 Å². The molecule has 0 bridgehead atoms. The van der Waals surface area contributed by atoms with Crippen LogP contribution in [0.1, 0.15) is 24.8 Å². The lowest BCUT2D eigenvalue weighted by molar-refractivity contribution is -0.148. The van der Waals surface area contributed by atoms with Gasteiger partial charge in [-0.25, -0.2) is 0 Å². The smallest absolute Gasteiger partial charge is 0.323 e. The van der Waals surface area contributed by atoms with Gasteiger partial charge < -0.3 is 4.74 Å². The molecule has 0 amide bonds.